The van der Waals surface area contributed by atoms with Gasteiger partial charge in [0.05, 0.1) is 6.67 Å². The molecule has 8 nitrogen and oxygen atoms in total. The van der Waals surface area contributed by atoms with Gasteiger partial charge in [0.25, 0.3) is 0 Å². The molecular weight excluding hydrogens is 372 g/mol. The number of likely N-dealkylation sites (tertiary alicyclic amines) is 1. The molecule has 29 heavy (non-hydrogen) atoms. The largest absolute Gasteiger partial charge is 0.335 e. The summed E-state index contributed by atoms with van der Waals surface area (Å²) >= 11 is 0. The first-order chi connectivity index (χ1) is 14.0. The summed E-state index contributed by atoms with van der Waals surface area (Å²) in [5, 5.41) is 2.93. The van der Waals surface area contributed by atoms with Gasteiger partial charge in [0.15, 0.2) is 0 Å². The number of imide groups is 2. The van der Waals surface area contributed by atoms with Crippen LogP contribution in [0, 0.1) is 5.92 Å². The number of anilines is 1. The number of amides is 5. The Kier molecular flexibility index (Phi) is 5.62. The van der Waals surface area contributed by atoms with Gasteiger partial charge in [0, 0.05) is 30.7 Å². The quantitative estimate of drug-likeness (QED) is 0.605. The first-order valence-corrected chi connectivity index (χ1v) is 10.3. The molecule has 1 aromatic rings. The second-order valence-corrected chi connectivity index (χ2v) is 8.02. The van der Waals surface area contributed by atoms with E-state index in [1.54, 1.807) is 0 Å². The van der Waals surface area contributed by atoms with Gasteiger partial charge in [-0.15, -0.1) is 0 Å². The van der Waals surface area contributed by atoms with Crippen LogP contribution < -0.4 is 5.32 Å². The Labute approximate surface area is 169 Å². The van der Waals surface area contributed by atoms with Crippen molar-refractivity contribution in [1.29, 1.82) is 0 Å². The van der Waals surface area contributed by atoms with Gasteiger partial charge in [-0.3, -0.25) is 24.2 Å². The molecule has 0 radical (unpaired) electrons. The van der Waals surface area contributed by atoms with Crippen LogP contribution in [0.5, 0.6) is 0 Å². The molecule has 8 heteroatoms. The molecule has 0 atom stereocenters. The van der Waals surface area contributed by atoms with Gasteiger partial charge >= 0.3 is 17.8 Å². The number of rotatable bonds is 5. The predicted octanol–water partition coefficient (Wildman–Crippen LogP) is 2.03. The van der Waals surface area contributed by atoms with E-state index in [0.29, 0.717) is 25.9 Å². The molecule has 0 unspecified atom stereocenters. The minimum atomic E-state index is -0.731. The SMILES string of the molecule is O=C(Nc1ccccc1)C1CCN(CN2C(=O)C(=O)N(C3CCCC3)C2=O)CC1. The molecule has 1 N–H and O–H groups in total. The molecule has 2 aliphatic heterocycles. The second kappa shape index (κ2) is 8.32. The van der Waals surface area contributed by atoms with Crippen molar-refractivity contribution in [2.24, 2.45) is 5.92 Å². The number of hydrogen-bond acceptors (Lipinski definition) is 5. The van der Waals surface area contributed by atoms with E-state index < -0.39 is 17.8 Å². The number of para-hydroxylation sites is 1. The highest BCUT2D eigenvalue weighted by atomic mass is 16.2. The smallest absolute Gasteiger partial charge is 0.326 e. The molecular formula is C21H26N4O4. The highest BCUT2D eigenvalue weighted by Crippen LogP contribution is 2.28. The summed E-state index contributed by atoms with van der Waals surface area (Å²) in [5.41, 5.74) is 0.777. The molecule has 0 aromatic heterocycles. The molecule has 1 saturated carbocycles. The molecule has 154 valence electrons. The summed E-state index contributed by atoms with van der Waals surface area (Å²) in [5.74, 6) is -1.54. The Balaban J connectivity index is 1.30. The van der Waals surface area contributed by atoms with Crippen molar-refractivity contribution < 1.29 is 19.2 Å². The Morgan fingerprint density at radius 2 is 1.59 bits per heavy atom. The van der Waals surface area contributed by atoms with Crippen LogP contribution in [0.2, 0.25) is 0 Å². The summed E-state index contributed by atoms with van der Waals surface area (Å²) in [6, 6.07) is 8.72. The number of carbonyl (C=O) groups is 4. The summed E-state index contributed by atoms with van der Waals surface area (Å²) in [6.45, 7) is 1.31. The van der Waals surface area contributed by atoms with E-state index in [1.807, 2.05) is 35.2 Å². The Bertz CT molecular complexity index is 798. The molecule has 4 rings (SSSR count). The van der Waals surface area contributed by atoms with Gasteiger partial charge in [-0.1, -0.05) is 31.0 Å². The van der Waals surface area contributed by atoms with Crippen molar-refractivity contribution in [2.75, 3.05) is 25.1 Å². The molecule has 1 aromatic carbocycles. The summed E-state index contributed by atoms with van der Waals surface area (Å²) < 4.78 is 0. The van der Waals surface area contributed by atoms with Crippen LogP contribution in [0.1, 0.15) is 38.5 Å². The normalized spacial score (nSPS) is 22.0. The van der Waals surface area contributed by atoms with Crippen LogP contribution in [-0.4, -0.2) is 64.3 Å². The van der Waals surface area contributed by atoms with Gasteiger partial charge in [0.1, 0.15) is 0 Å². The predicted molar refractivity (Wildman–Crippen MR) is 106 cm³/mol. The number of nitrogens with one attached hydrogen (secondary N) is 1. The van der Waals surface area contributed by atoms with Crippen LogP contribution in [0.15, 0.2) is 30.3 Å². The van der Waals surface area contributed by atoms with Gasteiger partial charge in [-0.25, -0.2) is 9.69 Å². The summed E-state index contributed by atoms with van der Waals surface area (Å²) in [6.07, 6.45) is 4.81. The summed E-state index contributed by atoms with van der Waals surface area (Å²) in [4.78, 5) is 54.0. The lowest BCUT2D eigenvalue weighted by molar-refractivity contribution is -0.144. The molecule has 2 saturated heterocycles. The fourth-order valence-electron chi connectivity index (χ4n) is 4.43. The van der Waals surface area contributed by atoms with Crippen LogP contribution >= 0.6 is 0 Å². The molecule has 3 aliphatic rings. The van der Waals surface area contributed by atoms with Crippen molar-refractivity contribution in [2.45, 2.75) is 44.6 Å². The second-order valence-electron chi connectivity index (χ2n) is 8.02. The van der Waals surface area contributed by atoms with E-state index in [0.717, 1.165) is 41.2 Å². The maximum absolute atomic E-state index is 12.7. The fourth-order valence-corrected chi connectivity index (χ4v) is 4.43. The number of urea groups is 1. The topological polar surface area (TPSA) is 90.0 Å². The Hall–Kier alpha value is -2.74. The zero-order valence-electron chi connectivity index (χ0n) is 16.4. The van der Waals surface area contributed by atoms with Gasteiger partial charge < -0.3 is 5.32 Å². The third-order valence-electron chi connectivity index (χ3n) is 6.11. The van der Waals surface area contributed by atoms with Crippen LogP contribution in [0.25, 0.3) is 0 Å². The lowest BCUT2D eigenvalue weighted by Crippen LogP contribution is -2.47. The van der Waals surface area contributed by atoms with Gasteiger partial charge in [-0.05, 0) is 37.8 Å². The third-order valence-corrected chi connectivity index (χ3v) is 6.11. The molecule has 3 fully saturated rings. The van der Waals surface area contributed by atoms with Crippen molar-refractivity contribution in [1.82, 2.24) is 14.7 Å². The molecule has 5 amide bonds. The Morgan fingerprint density at radius 3 is 2.24 bits per heavy atom. The highest BCUT2D eigenvalue weighted by Gasteiger charge is 2.48. The van der Waals surface area contributed by atoms with Crippen molar-refractivity contribution in [3.63, 3.8) is 0 Å². The number of benzene rings is 1. The number of nitrogens with zero attached hydrogens (tertiary/aromatic N) is 3. The molecule has 1 aliphatic carbocycles. The maximum atomic E-state index is 12.7. The standard InChI is InChI=1S/C21H26N4O4/c26-18(22-16-6-2-1-3-7-16)15-10-12-23(13-11-15)14-24-19(27)20(28)25(21(24)29)17-8-4-5-9-17/h1-3,6-7,15,17H,4-5,8-14H2,(H,22,26). The van der Waals surface area contributed by atoms with Crippen LogP contribution in [0.3, 0.4) is 0 Å². The van der Waals surface area contributed by atoms with E-state index in [4.69, 9.17) is 0 Å². The number of piperidine rings is 1. The minimum absolute atomic E-state index is 0.00763. The van der Waals surface area contributed by atoms with E-state index in [9.17, 15) is 19.2 Å². The van der Waals surface area contributed by atoms with E-state index in [-0.39, 0.29) is 24.5 Å². The van der Waals surface area contributed by atoms with Crippen molar-refractivity contribution in [3.8, 4) is 0 Å². The maximum Gasteiger partial charge on any atom is 0.335 e. The summed E-state index contributed by atoms with van der Waals surface area (Å²) in [7, 11) is 0. The van der Waals surface area contributed by atoms with E-state index in [1.165, 1.54) is 0 Å². The minimum Gasteiger partial charge on any atom is -0.326 e. The first kappa shape index (κ1) is 19.6. The third kappa shape index (κ3) is 4.03. The fraction of sp³-hybridized carbons (Fsp3) is 0.524. The monoisotopic (exact) mass is 398 g/mol. The zero-order valence-corrected chi connectivity index (χ0v) is 16.4. The molecule has 2 heterocycles. The van der Waals surface area contributed by atoms with E-state index in [2.05, 4.69) is 5.32 Å². The van der Waals surface area contributed by atoms with Gasteiger partial charge in [0.2, 0.25) is 5.91 Å². The van der Waals surface area contributed by atoms with Crippen LogP contribution in [0.4, 0.5) is 10.5 Å². The number of hydrogen-bond donors (Lipinski definition) is 1. The van der Waals surface area contributed by atoms with Crippen molar-refractivity contribution in [3.05, 3.63) is 30.3 Å². The molecule has 0 bridgehead atoms. The zero-order chi connectivity index (χ0) is 20.4. The highest BCUT2D eigenvalue weighted by molar-refractivity contribution is 6.44. The average molecular weight is 398 g/mol. The average Bonchev–Trinajstić information content (AvgIpc) is 3.33. The van der Waals surface area contributed by atoms with Crippen LogP contribution in [-0.2, 0) is 14.4 Å². The number of carbonyl (C=O) groups excluding carboxylic acids is 4. The Morgan fingerprint density at radius 1 is 0.931 bits per heavy atom. The lowest BCUT2D eigenvalue weighted by Gasteiger charge is -2.33. The van der Waals surface area contributed by atoms with E-state index >= 15 is 0 Å². The first-order valence-electron chi connectivity index (χ1n) is 10.3. The molecule has 0 spiro atoms. The lowest BCUT2D eigenvalue weighted by atomic mass is 9.96. The van der Waals surface area contributed by atoms with Crippen molar-refractivity contribution >= 4 is 29.4 Å². The van der Waals surface area contributed by atoms with Gasteiger partial charge in [-0.2, -0.15) is 0 Å².